The summed E-state index contributed by atoms with van der Waals surface area (Å²) in [6.45, 7) is 6.98. The first kappa shape index (κ1) is 25.5. The Bertz CT molecular complexity index is 1210. The van der Waals surface area contributed by atoms with Crippen LogP contribution in [0.25, 0.3) is 10.9 Å². The minimum absolute atomic E-state index is 0.0804. The minimum Gasteiger partial charge on any atom is -0.393 e. The molecule has 2 aromatic rings. The minimum atomic E-state index is -0.373. The van der Waals surface area contributed by atoms with Gasteiger partial charge >= 0.3 is 0 Å². The third kappa shape index (κ3) is 3.92. The van der Waals surface area contributed by atoms with Crippen molar-refractivity contribution in [3.8, 4) is 0 Å². The van der Waals surface area contributed by atoms with E-state index in [2.05, 4.69) is 25.8 Å². The Hall–Kier alpha value is -1.76. The molecule has 0 aliphatic heterocycles. The van der Waals surface area contributed by atoms with E-state index in [1.807, 2.05) is 24.3 Å². The number of para-hydroxylation sites is 1. The summed E-state index contributed by atoms with van der Waals surface area (Å²) in [5, 5.41) is 34.2. The Kier molecular flexibility index (Phi) is 6.32. The van der Waals surface area contributed by atoms with Crippen molar-refractivity contribution in [2.75, 3.05) is 0 Å². The van der Waals surface area contributed by atoms with E-state index >= 15 is 0 Å². The lowest BCUT2D eigenvalue weighted by atomic mass is 9.43. The van der Waals surface area contributed by atoms with Gasteiger partial charge in [-0.3, -0.25) is 4.79 Å². The molecule has 0 saturated heterocycles. The van der Waals surface area contributed by atoms with Gasteiger partial charge < -0.3 is 20.3 Å². The van der Waals surface area contributed by atoms with E-state index in [0.29, 0.717) is 41.4 Å². The summed E-state index contributed by atoms with van der Waals surface area (Å²) in [4.78, 5) is 20.2. The van der Waals surface area contributed by atoms with Crippen LogP contribution in [0.15, 0.2) is 29.1 Å². The second kappa shape index (κ2) is 9.17. The number of aliphatic hydroxyl groups excluding tert-OH is 3. The Morgan fingerprint density at radius 2 is 1.84 bits per heavy atom. The number of aliphatic hydroxyl groups is 3. The van der Waals surface area contributed by atoms with Gasteiger partial charge in [-0.15, -0.1) is 0 Å². The average molecular weight is 509 g/mol. The van der Waals surface area contributed by atoms with E-state index < -0.39 is 0 Å². The zero-order valence-electron chi connectivity index (χ0n) is 22.6. The summed E-state index contributed by atoms with van der Waals surface area (Å²) in [6.07, 6.45) is 7.00. The van der Waals surface area contributed by atoms with Gasteiger partial charge in [0.25, 0.3) is 5.56 Å². The number of hydrogen-bond acceptors (Lipinski definition) is 5. The first-order chi connectivity index (χ1) is 17.6. The number of aryl methyl sites for hydroxylation is 1. The molecule has 0 spiro atoms. The van der Waals surface area contributed by atoms with Crippen LogP contribution in [0.1, 0.15) is 78.0 Å². The summed E-state index contributed by atoms with van der Waals surface area (Å²) < 4.78 is 0. The smallest absolute Gasteiger partial charge is 0.258 e. The molecule has 202 valence electrons. The van der Waals surface area contributed by atoms with Gasteiger partial charge in [-0.1, -0.05) is 32.9 Å². The zero-order valence-corrected chi connectivity index (χ0v) is 22.6. The topological polar surface area (TPSA) is 106 Å². The molecule has 4 N–H and O–H groups in total. The Labute approximate surface area is 219 Å². The highest BCUT2D eigenvalue weighted by molar-refractivity contribution is 5.77. The van der Waals surface area contributed by atoms with Crippen molar-refractivity contribution in [1.29, 1.82) is 0 Å². The number of aromatic nitrogens is 2. The number of rotatable bonds is 4. The highest BCUT2D eigenvalue weighted by Crippen LogP contribution is 2.68. The molecule has 6 rings (SSSR count). The molecule has 0 radical (unpaired) electrons. The predicted molar refractivity (Wildman–Crippen MR) is 144 cm³/mol. The van der Waals surface area contributed by atoms with Crippen LogP contribution in [-0.2, 0) is 6.42 Å². The molecule has 4 fully saturated rings. The van der Waals surface area contributed by atoms with E-state index in [-0.39, 0.29) is 40.6 Å². The van der Waals surface area contributed by atoms with Gasteiger partial charge in [-0.25, -0.2) is 4.98 Å². The summed E-state index contributed by atoms with van der Waals surface area (Å²) in [6, 6.07) is 7.47. The molecule has 11 atom stereocenters. The maximum absolute atomic E-state index is 12.5. The number of nitrogens with zero attached hydrogens (tertiary/aromatic N) is 1. The van der Waals surface area contributed by atoms with Crippen LogP contribution in [0.2, 0.25) is 0 Å². The molecule has 4 aliphatic rings. The lowest BCUT2D eigenvalue weighted by molar-refractivity contribution is -0.207. The lowest BCUT2D eigenvalue weighted by Crippen LogP contribution is -2.62. The van der Waals surface area contributed by atoms with E-state index in [9.17, 15) is 20.1 Å². The van der Waals surface area contributed by atoms with Crippen LogP contribution in [0.4, 0.5) is 0 Å². The number of aromatic amines is 1. The number of hydrogen-bond donors (Lipinski definition) is 4. The first-order valence-corrected chi connectivity index (χ1v) is 14.6. The molecule has 6 heteroatoms. The maximum Gasteiger partial charge on any atom is 0.258 e. The summed E-state index contributed by atoms with van der Waals surface area (Å²) in [7, 11) is 0. The van der Waals surface area contributed by atoms with E-state index in [0.717, 1.165) is 62.7 Å². The SMILES string of the molecule is C[C@H](CCc1nc2ccccc2c(=O)[nH]1)[C@H]1CC[C@H]2[C@@H]3[C@H](O)C[C@@H]4C[C@H](O)CC[C@]4(C)[C@H]3C[C@H](O)[C@]12C. The van der Waals surface area contributed by atoms with Crippen LogP contribution >= 0.6 is 0 Å². The lowest BCUT2D eigenvalue weighted by Gasteiger charge is -2.63. The quantitative estimate of drug-likeness (QED) is 0.488. The largest absolute Gasteiger partial charge is 0.393 e. The predicted octanol–water partition coefficient (Wildman–Crippen LogP) is 4.45. The van der Waals surface area contributed by atoms with Gasteiger partial charge in [0.1, 0.15) is 5.82 Å². The van der Waals surface area contributed by atoms with Gasteiger partial charge in [0.2, 0.25) is 0 Å². The monoisotopic (exact) mass is 508 g/mol. The molecular formula is C31H44N2O4. The van der Waals surface area contributed by atoms with Crippen LogP contribution in [0.3, 0.4) is 0 Å². The average Bonchev–Trinajstić information content (AvgIpc) is 3.23. The summed E-state index contributed by atoms with van der Waals surface area (Å²) in [5.41, 5.74) is 0.554. The number of fused-ring (bicyclic) bond motifs is 6. The molecule has 1 aromatic heterocycles. The van der Waals surface area contributed by atoms with Gasteiger partial charge in [0.15, 0.2) is 0 Å². The molecule has 0 amide bonds. The van der Waals surface area contributed by atoms with Crippen molar-refractivity contribution in [3.63, 3.8) is 0 Å². The van der Waals surface area contributed by atoms with Crippen LogP contribution < -0.4 is 5.56 Å². The zero-order chi connectivity index (χ0) is 26.1. The van der Waals surface area contributed by atoms with Crippen molar-refractivity contribution in [1.82, 2.24) is 9.97 Å². The molecule has 6 nitrogen and oxygen atoms in total. The number of H-pyrrole nitrogens is 1. The van der Waals surface area contributed by atoms with Crippen molar-refractivity contribution in [2.24, 2.45) is 46.3 Å². The maximum atomic E-state index is 12.5. The summed E-state index contributed by atoms with van der Waals surface area (Å²) >= 11 is 0. The fourth-order valence-electron chi connectivity index (χ4n) is 9.95. The highest BCUT2D eigenvalue weighted by Gasteiger charge is 2.65. The Morgan fingerprint density at radius 3 is 2.65 bits per heavy atom. The fourth-order valence-corrected chi connectivity index (χ4v) is 9.95. The fraction of sp³-hybridized carbons (Fsp3) is 0.742. The molecular weight excluding hydrogens is 464 g/mol. The second-order valence-corrected chi connectivity index (χ2v) is 13.6. The molecule has 4 aliphatic carbocycles. The van der Waals surface area contributed by atoms with E-state index in [1.165, 1.54) is 0 Å². The van der Waals surface area contributed by atoms with Gasteiger partial charge in [0.05, 0.1) is 29.2 Å². The molecule has 4 saturated carbocycles. The third-order valence-electron chi connectivity index (χ3n) is 12.0. The van der Waals surface area contributed by atoms with Crippen molar-refractivity contribution in [2.45, 2.75) is 96.9 Å². The first-order valence-electron chi connectivity index (χ1n) is 14.6. The van der Waals surface area contributed by atoms with Crippen LogP contribution in [-0.4, -0.2) is 43.6 Å². The molecule has 0 unspecified atom stereocenters. The third-order valence-corrected chi connectivity index (χ3v) is 12.0. The van der Waals surface area contributed by atoms with E-state index in [1.54, 1.807) is 0 Å². The summed E-state index contributed by atoms with van der Waals surface area (Å²) in [5.74, 6) is 2.73. The number of nitrogens with one attached hydrogen (secondary N) is 1. The molecule has 37 heavy (non-hydrogen) atoms. The number of benzene rings is 1. The van der Waals surface area contributed by atoms with Crippen LogP contribution in [0.5, 0.6) is 0 Å². The normalized spacial score (nSPS) is 44.2. The molecule has 0 bridgehead atoms. The van der Waals surface area contributed by atoms with Crippen molar-refractivity contribution >= 4 is 10.9 Å². The Morgan fingerprint density at radius 1 is 1.05 bits per heavy atom. The van der Waals surface area contributed by atoms with Crippen molar-refractivity contribution in [3.05, 3.63) is 40.4 Å². The van der Waals surface area contributed by atoms with E-state index in [4.69, 9.17) is 4.98 Å². The van der Waals surface area contributed by atoms with Gasteiger partial charge in [-0.05, 0) is 110 Å². The van der Waals surface area contributed by atoms with Crippen molar-refractivity contribution < 1.29 is 15.3 Å². The van der Waals surface area contributed by atoms with Gasteiger partial charge in [-0.2, -0.15) is 0 Å². The second-order valence-electron chi connectivity index (χ2n) is 13.6. The highest BCUT2D eigenvalue weighted by atomic mass is 16.3. The molecule has 1 aromatic carbocycles. The Balaban J connectivity index is 1.21. The standard InChI is InChI=1S/C31H44N2O4/c1-17(8-11-27-32-24-7-5-4-6-20(24)29(37)33-27)21-9-10-22-28-23(16-26(36)31(21,22)3)30(2)13-12-19(34)14-18(30)15-25(28)35/h4-7,17-19,21-23,25-26,28,34-36H,8-16H2,1-3H3,(H,32,33,37)/t17-,18+,19-,21-,22+,23+,25-,26+,28+,30+,31-/m1/s1. The van der Waals surface area contributed by atoms with Crippen LogP contribution in [0, 0.1) is 46.3 Å². The molecule has 1 heterocycles. The van der Waals surface area contributed by atoms with Gasteiger partial charge in [0, 0.05) is 6.42 Å².